The van der Waals surface area contributed by atoms with E-state index in [1.807, 2.05) is 22.8 Å². The summed E-state index contributed by atoms with van der Waals surface area (Å²) in [6.45, 7) is 3.51. The van der Waals surface area contributed by atoms with Crippen molar-refractivity contribution < 1.29 is 4.79 Å². The average molecular weight is 294 g/mol. The fourth-order valence-electron chi connectivity index (χ4n) is 3.43. The molecule has 1 aliphatic heterocycles. The second kappa shape index (κ2) is 4.73. The van der Waals surface area contributed by atoms with Crippen molar-refractivity contribution in [2.24, 2.45) is 7.05 Å². The summed E-state index contributed by atoms with van der Waals surface area (Å²) in [5, 5.41) is 5.94. The van der Waals surface area contributed by atoms with E-state index in [0.29, 0.717) is 6.54 Å². The first-order valence-corrected chi connectivity index (χ1v) is 7.50. The number of fused-ring (bicyclic) bond motifs is 2. The van der Waals surface area contributed by atoms with Crippen LogP contribution in [0.4, 0.5) is 0 Å². The molecule has 5 nitrogen and oxygen atoms in total. The highest BCUT2D eigenvalue weighted by Crippen LogP contribution is 2.34. The molecule has 0 atom stereocenters. The van der Waals surface area contributed by atoms with Gasteiger partial charge >= 0.3 is 0 Å². The number of benzene rings is 1. The lowest BCUT2D eigenvalue weighted by atomic mass is 9.98. The Hall–Kier alpha value is -2.56. The van der Waals surface area contributed by atoms with Crippen LogP contribution in [-0.4, -0.2) is 32.6 Å². The molecule has 3 aromatic rings. The minimum Gasteiger partial charge on any atom is -0.361 e. The van der Waals surface area contributed by atoms with Crippen molar-refractivity contribution >= 4 is 17.3 Å². The van der Waals surface area contributed by atoms with E-state index in [-0.39, 0.29) is 0 Å². The minimum atomic E-state index is 0.641. The number of aromatic nitrogens is 3. The molecule has 3 heterocycles. The molecule has 0 bridgehead atoms. The van der Waals surface area contributed by atoms with E-state index in [2.05, 4.69) is 30.1 Å². The number of carbonyl (C=O) groups excluding carboxylic acids is 1. The van der Waals surface area contributed by atoms with Gasteiger partial charge in [0, 0.05) is 60.5 Å². The van der Waals surface area contributed by atoms with Gasteiger partial charge in [0.2, 0.25) is 6.41 Å². The van der Waals surface area contributed by atoms with Crippen molar-refractivity contribution in [1.82, 2.24) is 19.7 Å². The Morgan fingerprint density at radius 3 is 3.00 bits per heavy atom. The summed E-state index contributed by atoms with van der Waals surface area (Å²) in [4.78, 5) is 16.3. The Kier molecular flexibility index (Phi) is 2.82. The molecule has 0 aliphatic carbocycles. The minimum absolute atomic E-state index is 0.641. The van der Waals surface area contributed by atoms with E-state index >= 15 is 0 Å². The van der Waals surface area contributed by atoms with Crippen molar-refractivity contribution in [2.45, 2.75) is 19.9 Å². The van der Waals surface area contributed by atoms with Crippen LogP contribution >= 0.6 is 0 Å². The molecule has 0 saturated carbocycles. The third kappa shape index (κ3) is 1.78. The SMILES string of the molecule is Cc1ccc(-c2nn(C)c3c2CN(C=O)CC3)c2cc[nH]c12. The van der Waals surface area contributed by atoms with Crippen LogP contribution in [0.15, 0.2) is 24.4 Å². The normalized spacial score (nSPS) is 14.4. The maximum Gasteiger partial charge on any atom is 0.210 e. The smallest absolute Gasteiger partial charge is 0.210 e. The van der Waals surface area contributed by atoms with Crippen molar-refractivity contribution in [3.63, 3.8) is 0 Å². The molecule has 2 aromatic heterocycles. The number of hydrogen-bond acceptors (Lipinski definition) is 2. The van der Waals surface area contributed by atoms with Gasteiger partial charge in [-0.15, -0.1) is 0 Å². The zero-order chi connectivity index (χ0) is 15.3. The third-order valence-electron chi connectivity index (χ3n) is 4.61. The summed E-state index contributed by atoms with van der Waals surface area (Å²) >= 11 is 0. The molecule has 0 fully saturated rings. The monoisotopic (exact) mass is 294 g/mol. The molecular formula is C17H18N4O. The van der Waals surface area contributed by atoms with Crippen LogP contribution in [0.25, 0.3) is 22.2 Å². The number of aryl methyl sites for hydroxylation is 2. The third-order valence-corrected chi connectivity index (χ3v) is 4.61. The molecular weight excluding hydrogens is 276 g/mol. The fourth-order valence-corrected chi connectivity index (χ4v) is 3.43. The Bertz CT molecular complexity index is 874. The maximum absolute atomic E-state index is 11.1. The number of amides is 1. The van der Waals surface area contributed by atoms with Gasteiger partial charge in [0.25, 0.3) is 0 Å². The maximum atomic E-state index is 11.1. The summed E-state index contributed by atoms with van der Waals surface area (Å²) < 4.78 is 1.96. The topological polar surface area (TPSA) is 53.9 Å². The van der Waals surface area contributed by atoms with Gasteiger partial charge < -0.3 is 9.88 Å². The molecule has 1 amide bonds. The fraction of sp³-hybridized carbons (Fsp3) is 0.294. The number of H-pyrrole nitrogens is 1. The van der Waals surface area contributed by atoms with E-state index in [1.54, 1.807) is 0 Å². The molecule has 22 heavy (non-hydrogen) atoms. The van der Waals surface area contributed by atoms with E-state index in [1.165, 1.54) is 22.2 Å². The molecule has 0 saturated heterocycles. The summed E-state index contributed by atoms with van der Waals surface area (Å²) in [7, 11) is 1.99. The van der Waals surface area contributed by atoms with Crippen LogP contribution in [0.3, 0.4) is 0 Å². The quantitative estimate of drug-likeness (QED) is 0.738. The van der Waals surface area contributed by atoms with Crippen molar-refractivity contribution in [2.75, 3.05) is 6.54 Å². The summed E-state index contributed by atoms with van der Waals surface area (Å²) in [5.74, 6) is 0. The lowest BCUT2D eigenvalue weighted by molar-refractivity contribution is -0.118. The zero-order valence-electron chi connectivity index (χ0n) is 12.8. The summed E-state index contributed by atoms with van der Waals surface area (Å²) in [6, 6.07) is 6.35. The molecule has 5 heteroatoms. The van der Waals surface area contributed by atoms with Crippen molar-refractivity contribution in [1.29, 1.82) is 0 Å². The number of aromatic amines is 1. The first-order valence-electron chi connectivity index (χ1n) is 7.50. The van der Waals surface area contributed by atoms with Gasteiger partial charge in [-0.1, -0.05) is 12.1 Å². The van der Waals surface area contributed by atoms with Crippen LogP contribution in [0.1, 0.15) is 16.8 Å². The van der Waals surface area contributed by atoms with E-state index in [9.17, 15) is 4.79 Å². The molecule has 4 rings (SSSR count). The second-order valence-electron chi connectivity index (χ2n) is 5.92. The number of hydrogen-bond donors (Lipinski definition) is 1. The first kappa shape index (κ1) is 13.1. The highest BCUT2D eigenvalue weighted by atomic mass is 16.1. The van der Waals surface area contributed by atoms with Crippen LogP contribution in [0.2, 0.25) is 0 Å². The van der Waals surface area contributed by atoms with Crippen LogP contribution in [-0.2, 0) is 24.8 Å². The standard InChI is InChI=1S/C17H18N4O/c1-11-3-4-12(13-5-7-18-16(11)13)17-14-9-21(10-22)8-6-15(14)20(2)19-17/h3-5,7,10,18H,6,8-9H2,1-2H3. The number of nitrogens with zero attached hydrogens (tertiary/aromatic N) is 3. The van der Waals surface area contributed by atoms with Gasteiger partial charge in [0.05, 0.1) is 5.69 Å². The van der Waals surface area contributed by atoms with Gasteiger partial charge in [-0.3, -0.25) is 9.48 Å². The van der Waals surface area contributed by atoms with Gasteiger partial charge in [-0.25, -0.2) is 0 Å². The average Bonchev–Trinajstić information content (AvgIpc) is 3.14. The Morgan fingerprint density at radius 1 is 1.32 bits per heavy atom. The highest BCUT2D eigenvalue weighted by Gasteiger charge is 2.24. The summed E-state index contributed by atoms with van der Waals surface area (Å²) in [5.41, 5.74) is 6.91. The molecule has 0 spiro atoms. The number of carbonyl (C=O) groups is 1. The molecule has 1 aliphatic rings. The predicted octanol–water partition coefficient (Wildman–Crippen LogP) is 2.39. The first-order chi connectivity index (χ1) is 10.7. The molecule has 0 unspecified atom stereocenters. The second-order valence-corrected chi connectivity index (χ2v) is 5.92. The Morgan fingerprint density at radius 2 is 2.18 bits per heavy atom. The van der Waals surface area contributed by atoms with Crippen molar-refractivity contribution in [3.05, 3.63) is 41.2 Å². The van der Waals surface area contributed by atoms with E-state index in [0.717, 1.165) is 36.1 Å². The molecule has 1 aromatic carbocycles. The van der Waals surface area contributed by atoms with Gasteiger partial charge in [0.15, 0.2) is 0 Å². The lowest BCUT2D eigenvalue weighted by Crippen LogP contribution is -2.29. The Balaban J connectivity index is 1.94. The Labute approximate surface area is 128 Å². The van der Waals surface area contributed by atoms with Gasteiger partial charge in [-0.05, 0) is 18.6 Å². The molecule has 112 valence electrons. The van der Waals surface area contributed by atoms with Gasteiger partial charge in [-0.2, -0.15) is 5.10 Å². The van der Waals surface area contributed by atoms with Crippen LogP contribution < -0.4 is 0 Å². The van der Waals surface area contributed by atoms with Gasteiger partial charge in [0.1, 0.15) is 0 Å². The van der Waals surface area contributed by atoms with Crippen LogP contribution in [0, 0.1) is 6.92 Å². The largest absolute Gasteiger partial charge is 0.361 e. The van der Waals surface area contributed by atoms with Crippen LogP contribution in [0.5, 0.6) is 0 Å². The number of rotatable bonds is 2. The summed E-state index contributed by atoms with van der Waals surface area (Å²) in [6.07, 6.45) is 3.76. The van der Waals surface area contributed by atoms with E-state index < -0.39 is 0 Å². The van der Waals surface area contributed by atoms with E-state index in [4.69, 9.17) is 5.10 Å². The molecule has 1 N–H and O–H groups in total. The zero-order valence-corrected chi connectivity index (χ0v) is 12.8. The predicted molar refractivity (Wildman–Crippen MR) is 85.4 cm³/mol. The van der Waals surface area contributed by atoms with Crippen molar-refractivity contribution in [3.8, 4) is 11.3 Å². The number of nitrogens with one attached hydrogen (secondary N) is 1. The highest BCUT2D eigenvalue weighted by molar-refractivity contribution is 5.96. The lowest BCUT2D eigenvalue weighted by Gasteiger charge is -2.23. The molecule has 0 radical (unpaired) electrons.